The van der Waals surface area contributed by atoms with E-state index in [2.05, 4.69) is 5.10 Å². The maximum atomic E-state index is 12.7. The van der Waals surface area contributed by atoms with E-state index in [1.807, 2.05) is 24.8 Å². The Morgan fingerprint density at radius 3 is 2.74 bits per heavy atom. The van der Waals surface area contributed by atoms with Crippen molar-refractivity contribution in [2.75, 3.05) is 13.1 Å². The Balaban J connectivity index is 1.69. The number of hydrogen-bond donors (Lipinski definition) is 0. The largest absolute Gasteiger partial charge is 0.345 e. The molecule has 0 radical (unpaired) electrons. The first-order valence-electron chi connectivity index (χ1n) is 9.50. The van der Waals surface area contributed by atoms with Gasteiger partial charge in [-0.2, -0.15) is 5.10 Å². The van der Waals surface area contributed by atoms with Crippen LogP contribution in [0.25, 0.3) is 0 Å². The van der Waals surface area contributed by atoms with E-state index in [1.165, 1.54) is 10.7 Å². The molecule has 0 aliphatic carbocycles. The Kier molecular flexibility index (Phi) is 5.62. The summed E-state index contributed by atoms with van der Waals surface area (Å²) in [7, 11) is 1.66. The third kappa shape index (κ3) is 3.89. The van der Waals surface area contributed by atoms with Gasteiger partial charge in [0.15, 0.2) is 0 Å². The normalized spacial score (nSPS) is 17.3. The molecule has 1 atom stereocenters. The first-order chi connectivity index (χ1) is 12.9. The molecule has 0 spiro atoms. The molecule has 0 N–H and O–H groups in total. The molecule has 2 aromatic heterocycles. The van der Waals surface area contributed by atoms with Crippen LogP contribution >= 0.6 is 0 Å². The third-order valence-corrected chi connectivity index (χ3v) is 5.31. The predicted molar refractivity (Wildman–Crippen MR) is 102 cm³/mol. The second-order valence-corrected chi connectivity index (χ2v) is 7.09. The molecule has 0 saturated carbocycles. The van der Waals surface area contributed by atoms with Crippen molar-refractivity contribution < 1.29 is 4.79 Å². The summed E-state index contributed by atoms with van der Waals surface area (Å²) in [6, 6.07) is 5.11. The molecule has 1 aliphatic rings. The molecule has 2 aromatic rings. The maximum absolute atomic E-state index is 12.7. The van der Waals surface area contributed by atoms with E-state index in [9.17, 15) is 14.4 Å². The SMILES string of the molecule is CCn1c([C@H]2CCCN(C(=O)CCn3c(C)cccc3=O)C2)nn(C)c1=O. The van der Waals surface area contributed by atoms with Crippen LogP contribution in [0.3, 0.4) is 0 Å². The van der Waals surface area contributed by atoms with Crippen molar-refractivity contribution in [2.24, 2.45) is 7.05 Å². The third-order valence-electron chi connectivity index (χ3n) is 5.31. The van der Waals surface area contributed by atoms with Crippen LogP contribution in [0.5, 0.6) is 0 Å². The Morgan fingerprint density at radius 1 is 1.26 bits per heavy atom. The Hall–Kier alpha value is -2.64. The summed E-state index contributed by atoms with van der Waals surface area (Å²) in [4.78, 5) is 38.7. The molecule has 3 rings (SSSR count). The number of likely N-dealkylation sites (tertiary alicyclic amines) is 1. The lowest BCUT2D eigenvalue weighted by molar-refractivity contribution is -0.132. The molecule has 0 bridgehead atoms. The van der Waals surface area contributed by atoms with Gasteiger partial charge in [0.05, 0.1) is 0 Å². The van der Waals surface area contributed by atoms with Crippen molar-refractivity contribution in [3.05, 3.63) is 50.6 Å². The van der Waals surface area contributed by atoms with Crippen LogP contribution in [0.15, 0.2) is 27.8 Å². The number of aryl methyl sites for hydroxylation is 2. The molecule has 1 fully saturated rings. The maximum Gasteiger partial charge on any atom is 0.345 e. The van der Waals surface area contributed by atoms with Gasteiger partial charge in [-0.15, -0.1) is 0 Å². The number of rotatable bonds is 5. The predicted octanol–water partition coefficient (Wildman–Crippen LogP) is 0.868. The average Bonchev–Trinajstić information content (AvgIpc) is 2.95. The minimum absolute atomic E-state index is 0.0381. The van der Waals surface area contributed by atoms with Crippen LogP contribution in [0.4, 0.5) is 0 Å². The molecule has 1 aliphatic heterocycles. The molecular weight excluding hydrogens is 346 g/mol. The Labute approximate surface area is 158 Å². The summed E-state index contributed by atoms with van der Waals surface area (Å²) in [6.45, 7) is 6.03. The van der Waals surface area contributed by atoms with Gasteiger partial charge in [-0.3, -0.25) is 14.2 Å². The topological polar surface area (TPSA) is 82.1 Å². The van der Waals surface area contributed by atoms with Crippen molar-refractivity contribution in [2.45, 2.75) is 52.1 Å². The summed E-state index contributed by atoms with van der Waals surface area (Å²) in [5, 5.41) is 4.40. The summed E-state index contributed by atoms with van der Waals surface area (Å²) in [5.41, 5.74) is 0.655. The highest BCUT2D eigenvalue weighted by atomic mass is 16.2. The fraction of sp³-hybridized carbons (Fsp3) is 0.579. The van der Waals surface area contributed by atoms with Gasteiger partial charge in [-0.25, -0.2) is 9.48 Å². The minimum atomic E-state index is -0.116. The highest BCUT2D eigenvalue weighted by molar-refractivity contribution is 5.76. The zero-order valence-corrected chi connectivity index (χ0v) is 16.2. The molecule has 146 valence electrons. The number of carbonyl (C=O) groups is 1. The number of nitrogens with zero attached hydrogens (tertiary/aromatic N) is 5. The molecule has 0 aromatic carbocycles. The van der Waals surface area contributed by atoms with Gasteiger partial charge in [0.2, 0.25) is 5.91 Å². The van der Waals surface area contributed by atoms with E-state index < -0.39 is 0 Å². The zero-order chi connectivity index (χ0) is 19.6. The first-order valence-corrected chi connectivity index (χ1v) is 9.50. The van der Waals surface area contributed by atoms with Crippen LogP contribution in [-0.4, -0.2) is 42.8 Å². The fourth-order valence-electron chi connectivity index (χ4n) is 3.81. The lowest BCUT2D eigenvalue weighted by Gasteiger charge is -2.32. The van der Waals surface area contributed by atoms with Crippen LogP contribution in [0.1, 0.15) is 43.6 Å². The molecule has 0 unspecified atom stereocenters. The quantitative estimate of drug-likeness (QED) is 0.779. The fourth-order valence-corrected chi connectivity index (χ4v) is 3.81. The number of aromatic nitrogens is 4. The van der Waals surface area contributed by atoms with Crippen molar-refractivity contribution in [1.82, 2.24) is 23.8 Å². The number of carbonyl (C=O) groups excluding carboxylic acids is 1. The zero-order valence-electron chi connectivity index (χ0n) is 16.2. The van der Waals surface area contributed by atoms with Gasteiger partial charge in [-0.1, -0.05) is 6.07 Å². The van der Waals surface area contributed by atoms with E-state index in [1.54, 1.807) is 22.2 Å². The summed E-state index contributed by atoms with van der Waals surface area (Å²) in [6.07, 6.45) is 2.09. The standard InChI is InChI=1S/C19H27N5O3/c1-4-23-18(20-21(3)19(23)27)15-8-6-11-22(13-15)16(25)10-12-24-14(2)7-5-9-17(24)26/h5,7,9,15H,4,6,8,10-13H2,1-3H3/t15-/m0/s1. The van der Waals surface area contributed by atoms with Gasteiger partial charge in [0, 0.05) is 57.3 Å². The monoisotopic (exact) mass is 373 g/mol. The summed E-state index contributed by atoms with van der Waals surface area (Å²) < 4.78 is 4.68. The van der Waals surface area contributed by atoms with Crippen molar-refractivity contribution in [1.29, 1.82) is 0 Å². The van der Waals surface area contributed by atoms with E-state index in [0.29, 0.717) is 32.6 Å². The molecular formula is C19H27N5O3. The number of piperidine rings is 1. The average molecular weight is 373 g/mol. The molecule has 1 saturated heterocycles. The minimum Gasteiger partial charge on any atom is -0.342 e. The van der Waals surface area contributed by atoms with Gasteiger partial charge in [0.25, 0.3) is 5.56 Å². The first kappa shape index (κ1) is 19.1. The van der Waals surface area contributed by atoms with Crippen LogP contribution in [0.2, 0.25) is 0 Å². The van der Waals surface area contributed by atoms with Gasteiger partial charge in [-0.05, 0) is 32.8 Å². The lowest BCUT2D eigenvalue weighted by atomic mass is 9.97. The number of hydrogen-bond acceptors (Lipinski definition) is 4. The van der Waals surface area contributed by atoms with Crippen LogP contribution in [0, 0.1) is 6.92 Å². The van der Waals surface area contributed by atoms with Crippen molar-refractivity contribution in [3.8, 4) is 0 Å². The van der Waals surface area contributed by atoms with E-state index in [0.717, 1.165) is 24.4 Å². The van der Waals surface area contributed by atoms with Gasteiger partial charge < -0.3 is 9.47 Å². The highest BCUT2D eigenvalue weighted by Crippen LogP contribution is 2.25. The summed E-state index contributed by atoms with van der Waals surface area (Å²) in [5.74, 6) is 0.867. The van der Waals surface area contributed by atoms with Crippen molar-refractivity contribution >= 4 is 5.91 Å². The van der Waals surface area contributed by atoms with E-state index in [-0.39, 0.29) is 23.1 Å². The molecule has 3 heterocycles. The second kappa shape index (κ2) is 7.94. The Bertz CT molecular complexity index is 940. The lowest BCUT2D eigenvalue weighted by Crippen LogP contribution is -2.40. The van der Waals surface area contributed by atoms with Crippen molar-refractivity contribution in [3.63, 3.8) is 0 Å². The molecule has 1 amide bonds. The molecule has 8 heteroatoms. The van der Waals surface area contributed by atoms with Gasteiger partial charge >= 0.3 is 5.69 Å². The van der Waals surface area contributed by atoms with Crippen LogP contribution in [-0.2, 0) is 24.9 Å². The number of amides is 1. The Morgan fingerprint density at radius 2 is 2.04 bits per heavy atom. The van der Waals surface area contributed by atoms with Gasteiger partial charge in [0.1, 0.15) is 5.82 Å². The smallest absolute Gasteiger partial charge is 0.342 e. The molecule has 27 heavy (non-hydrogen) atoms. The van der Waals surface area contributed by atoms with E-state index >= 15 is 0 Å². The van der Waals surface area contributed by atoms with Crippen LogP contribution < -0.4 is 11.2 Å². The van der Waals surface area contributed by atoms with E-state index in [4.69, 9.17) is 0 Å². The second-order valence-electron chi connectivity index (χ2n) is 7.09. The summed E-state index contributed by atoms with van der Waals surface area (Å²) >= 11 is 0. The molecule has 8 nitrogen and oxygen atoms in total. The highest BCUT2D eigenvalue weighted by Gasteiger charge is 2.28. The number of pyridine rings is 1.